The van der Waals surface area contributed by atoms with Crippen molar-refractivity contribution >= 4 is 10.9 Å². The third-order valence-corrected chi connectivity index (χ3v) is 3.69. The molecule has 0 radical (unpaired) electrons. The van der Waals surface area contributed by atoms with E-state index in [1.165, 1.54) is 16.5 Å². The van der Waals surface area contributed by atoms with Crippen molar-refractivity contribution in [2.45, 2.75) is 32.4 Å². The third kappa shape index (κ3) is 3.22. The normalized spacial score (nSPS) is 12.8. The lowest BCUT2D eigenvalue weighted by Crippen LogP contribution is -2.26. The van der Waals surface area contributed by atoms with Crippen molar-refractivity contribution in [3.63, 3.8) is 0 Å². The highest BCUT2D eigenvalue weighted by molar-refractivity contribution is 5.82. The average Bonchev–Trinajstić information content (AvgIpc) is 3.09. The van der Waals surface area contributed by atoms with E-state index in [9.17, 15) is 4.79 Å². The summed E-state index contributed by atoms with van der Waals surface area (Å²) in [6.45, 7) is 2.70. The molecule has 2 heterocycles. The van der Waals surface area contributed by atoms with Gasteiger partial charge in [-0.05, 0) is 31.4 Å². The van der Waals surface area contributed by atoms with E-state index < -0.39 is 0 Å². The molecule has 0 spiro atoms. The summed E-state index contributed by atoms with van der Waals surface area (Å²) in [7, 11) is 0. The quantitative estimate of drug-likeness (QED) is 0.555. The lowest BCUT2D eigenvalue weighted by molar-refractivity contribution is 0.505. The number of para-hydroxylation sites is 1. The first-order valence-corrected chi connectivity index (χ1v) is 7.14. The summed E-state index contributed by atoms with van der Waals surface area (Å²) in [6, 6.07) is 8.69. The number of rotatable bonds is 6. The second-order valence-electron chi connectivity index (χ2n) is 5.30. The SMILES string of the molecule is CC(CCc1c[nH]c2ccccc12)NCc1n[nH]c(=O)[nH]1. The fraction of sp³-hybridized carbons (Fsp3) is 0.333. The Morgan fingerprint density at radius 3 is 3.00 bits per heavy atom. The zero-order chi connectivity index (χ0) is 14.7. The van der Waals surface area contributed by atoms with Crippen LogP contribution in [-0.2, 0) is 13.0 Å². The molecule has 0 fully saturated rings. The number of aryl methyl sites for hydroxylation is 1. The van der Waals surface area contributed by atoms with Gasteiger partial charge in [0.1, 0.15) is 5.82 Å². The molecule has 0 aliphatic rings. The number of hydrogen-bond donors (Lipinski definition) is 4. The highest BCUT2D eigenvalue weighted by Gasteiger charge is 2.07. The standard InChI is InChI=1S/C15H19N5O/c1-10(16-9-14-18-15(21)20-19-14)6-7-11-8-17-13-5-3-2-4-12(11)13/h2-5,8,10,16-17H,6-7,9H2,1H3,(H2,18,19,20,21). The van der Waals surface area contributed by atoms with E-state index in [2.05, 4.69) is 56.8 Å². The minimum atomic E-state index is -0.266. The number of H-pyrrole nitrogens is 3. The summed E-state index contributed by atoms with van der Waals surface area (Å²) in [5.74, 6) is 0.638. The summed E-state index contributed by atoms with van der Waals surface area (Å²) in [5.41, 5.74) is 2.26. The molecule has 0 amide bonds. The Kier molecular flexibility index (Phi) is 3.87. The van der Waals surface area contributed by atoms with Crippen molar-refractivity contribution in [1.29, 1.82) is 0 Å². The van der Waals surface area contributed by atoms with Gasteiger partial charge in [-0.25, -0.2) is 9.89 Å². The molecular formula is C15H19N5O. The number of aromatic amines is 3. The molecule has 1 atom stereocenters. The molecule has 4 N–H and O–H groups in total. The maximum absolute atomic E-state index is 10.9. The van der Waals surface area contributed by atoms with Gasteiger partial charge in [-0.1, -0.05) is 18.2 Å². The zero-order valence-corrected chi connectivity index (χ0v) is 11.9. The van der Waals surface area contributed by atoms with Crippen LogP contribution in [0.1, 0.15) is 24.7 Å². The van der Waals surface area contributed by atoms with Gasteiger partial charge in [0.25, 0.3) is 0 Å². The van der Waals surface area contributed by atoms with Crippen molar-refractivity contribution < 1.29 is 0 Å². The van der Waals surface area contributed by atoms with Crippen LogP contribution in [0.4, 0.5) is 0 Å². The Bertz CT molecular complexity index is 769. The van der Waals surface area contributed by atoms with E-state index in [-0.39, 0.29) is 5.69 Å². The monoisotopic (exact) mass is 285 g/mol. The van der Waals surface area contributed by atoms with Gasteiger partial charge in [0.15, 0.2) is 0 Å². The van der Waals surface area contributed by atoms with Gasteiger partial charge in [0, 0.05) is 23.1 Å². The van der Waals surface area contributed by atoms with Gasteiger partial charge in [0.05, 0.1) is 6.54 Å². The van der Waals surface area contributed by atoms with Crippen LogP contribution in [0.25, 0.3) is 10.9 Å². The molecule has 0 aliphatic carbocycles. The van der Waals surface area contributed by atoms with Crippen LogP contribution in [0, 0.1) is 0 Å². The first-order chi connectivity index (χ1) is 10.2. The van der Waals surface area contributed by atoms with Gasteiger partial charge in [0.2, 0.25) is 0 Å². The minimum Gasteiger partial charge on any atom is -0.361 e. The van der Waals surface area contributed by atoms with E-state index in [0.717, 1.165) is 12.8 Å². The second kappa shape index (κ2) is 5.97. The summed E-state index contributed by atoms with van der Waals surface area (Å²) < 4.78 is 0. The molecule has 110 valence electrons. The molecule has 1 unspecified atom stereocenters. The molecule has 3 rings (SSSR count). The Hall–Kier alpha value is -2.34. The largest absolute Gasteiger partial charge is 0.361 e. The molecule has 6 nitrogen and oxygen atoms in total. The Labute approximate surface area is 122 Å². The van der Waals surface area contributed by atoms with E-state index in [0.29, 0.717) is 18.4 Å². The van der Waals surface area contributed by atoms with Crippen molar-refractivity contribution in [1.82, 2.24) is 25.5 Å². The number of hydrogen-bond acceptors (Lipinski definition) is 3. The van der Waals surface area contributed by atoms with Crippen LogP contribution in [0.5, 0.6) is 0 Å². The molecule has 0 bridgehead atoms. The third-order valence-electron chi connectivity index (χ3n) is 3.69. The van der Waals surface area contributed by atoms with Crippen molar-refractivity contribution in [2.75, 3.05) is 0 Å². The molecule has 3 aromatic rings. The van der Waals surface area contributed by atoms with Gasteiger partial charge in [-0.3, -0.25) is 4.98 Å². The average molecular weight is 285 g/mol. The van der Waals surface area contributed by atoms with Crippen LogP contribution in [-0.4, -0.2) is 26.2 Å². The number of benzene rings is 1. The van der Waals surface area contributed by atoms with Gasteiger partial charge in [-0.15, -0.1) is 0 Å². The zero-order valence-electron chi connectivity index (χ0n) is 11.9. The number of aromatic nitrogens is 4. The summed E-state index contributed by atoms with van der Waals surface area (Å²) >= 11 is 0. The van der Waals surface area contributed by atoms with Crippen molar-refractivity contribution in [3.05, 3.63) is 52.3 Å². The Morgan fingerprint density at radius 2 is 2.19 bits per heavy atom. The predicted molar refractivity (Wildman–Crippen MR) is 82.1 cm³/mol. The molecule has 1 aromatic carbocycles. The van der Waals surface area contributed by atoms with Crippen LogP contribution < -0.4 is 11.0 Å². The lowest BCUT2D eigenvalue weighted by Gasteiger charge is -2.12. The number of nitrogens with one attached hydrogen (secondary N) is 4. The van der Waals surface area contributed by atoms with E-state index in [4.69, 9.17) is 0 Å². The van der Waals surface area contributed by atoms with E-state index in [1.807, 2.05) is 6.07 Å². The summed E-state index contributed by atoms with van der Waals surface area (Å²) in [5, 5.41) is 10.9. The van der Waals surface area contributed by atoms with Crippen LogP contribution in [0.3, 0.4) is 0 Å². The summed E-state index contributed by atoms with van der Waals surface area (Å²) in [4.78, 5) is 16.9. The fourth-order valence-electron chi connectivity index (χ4n) is 2.47. The smallest absolute Gasteiger partial charge is 0.340 e. The van der Waals surface area contributed by atoms with Gasteiger partial charge < -0.3 is 10.3 Å². The van der Waals surface area contributed by atoms with Gasteiger partial charge >= 0.3 is 5.69 Å². The summed E-state index contributed by atoms with van der Waals surface area (Å²) in [6.07, 6.45) is 4.12. The molecule has 0 aliphatic heterocycles. The Balaban J connectivity index is 1.53. The highest BCUT2D eigenvalue weighted by atomic mass is 16.1. The van der Waals surface area contributed by atoms with Crippen LogP contribution in [0.15, 0.2) is 35.3 Å². The van der Waals surface area contributed by atoms with E-state index >= 15 is 0 Å². The first kappa shape index (κ1) is 13.6. The fourth-order valence-corrected chi connectivity index (χ4v) is 2.47. The number of nitrogens with zero attached hydrogens (tertiary/aromatic N) is 1. The van der Waals surface area contributed by atoms with E-state index in [1.54, 1.807) is 0 Å². The maximum atomic E-state index is 10.9. The van der Waals surface area contributed by atoms with Crippen LogP contribution >= 0.6 is 0 Å². The molecular weight excluding hydrogens is 266 g/mol. The predicted octanol–water partition coefficient (Wildman–Crippen LogP) is 1.69. The maximum Gasteiger partial charge on any atom is 0.340 e. The lowest BCUT2D eigenvalue weighted by atomic mass is 10.1. The number of fused-ring (bicyclic) bond motifs is 1. The van der Waals surface area contributed by atoms with Crippen molar-refractivity contribution in [3.8, 4) is 0 Å². The molecule has 21 heavy (non-hydrogen) atoms. The van der Waals surface area contributed by atoms with Crippen molar-refractivity contribution in [2.24, 2.45) is 0 Å². The highest BCUT2D eigenvalue weighted by Crippen LogP contribution is 2.19. The van der Waals surface area contributed by atoms with Crippen LogP contribution in [0.2, 0.25) is 0 Å². The minimum absolute atomic E-state index is 0.266. The molecule has 0 saturated heterocycles. The Morgan fingerprint density at radius 1 is 1.33 bits per heavy atom. The first-order valence-electron chi connectivity index (χ1n) is 7.14. The van der Waals surface area contributed by atoms with Gasteiger partial charge in [-0.2, -0.15) is 5.10 Å². The second-order valence-corrected chi connectivity index (χ2v) is 5.30. The topological polar surface area (TPSA) is 89.4 Å². The molecule has 6 heteroatoms. The molecule has 2 aromatic heterocycles. The molecule has 0 saturated carbocycles.